The predicted molar refractivity (Wildman–Crippen MR) is 92.0 cm³/mol. The Morgan fingerprint density at radius 3 is 2.24 bits per heavy atom. The zero-order chi connectivity index (χ0) is 18.6. The van der Waals surface area contributed by atoms with Gasteiger partial charge in [-0.2, -0.15) is 0 Å². The van der Waals surface area contributed by atoms with E-state index in [9.17, 15) is 14.4 Å². The first-order valence-electron chi connectivity index (χ1n) is 7.95. The number of ketones is 1. The van der Waals surface area contributed by atoms with Gasteiger partial charge in [-0.1, -0.05) is 31.2 Å². The molecule has 0 aliphatic carbocycles. The van der Waals surface area contributed by atoms with E-state index < -0.39 is 11.9 Å². The quantitative estimate of drug-likeness (QED) is 0.644. The first-order valence-corrected chi connectivity index (χ1v) is 7.95. The van der Waals surface area contributed by atoms with Crippen molar-refractivity contribution < 1.29 is 23.9 Å². The highest BCUT2D eigenvalue weighted by atomic mass is 16.5. The lowest BCUT2D eigenvalue weighted by atomic mass is 10.1. The van der Waals surface area contributed by atoms with E-state index in [4.69, 9.17) is 9.47 Å². The third kappa shape index (κ3) is 3.96. The highest BCUT2D eigenvalue weighted by Gasteiger charge is 2.23. The molecule has 0 unspecified atom stereocenters. The standard InChI is InChI=1S/C19H21NO5/c1-5-13-6-8-14(9-7-13)15(21)10-25-19(23)17-11(2)16(12(3)20-17)18(22)24-4/h6-9,20H,5,10H2,1-4H3. The summed E-state index contributed by atoms with van der Waals surface area (Å²) >= 11 is 0. The number of hydrogen-bond acceptors (Lipinski definition) is 5. The van der Waals surface area contributed by atoms with Crippen LogP contribution in [0.4, 0.5) is 0 Å². The summed E-state index contributed by atoms with van der Waals surface area (Å²) in [6, 6.07) is 7.18. The average molecular weight is 343 g/mol. The molecule has 0 atom stereocenters. The lowest BCUT2D eigenvalue weighted by Gasteiger charge is -2.05. The van der Waals surface area contributed by atoms with E-state index in [1.54, 1.807) is 26.0 Å². The van der Waals surface area contributed by atoms with Gasteiger partial charge in [-0.25, -0.2) is 9.59 Å². The molecule has 0 saturated heterocycles. The third-order valence-corrected chi connectivity index (χ3v) is 4.05. The summed E-state index contributed by atoms with van der Waals surface area (Å²) < 4.78 is 9.79. The van der Waals surface area contributed by atoms with Gasteiger partial charge in [-0.3, -0.25) is 4.79 Å². The number of carbonyl (C=O) groups is 3. The molecule has 0 saturated carbocycles. The second-order valence-corrected chi connectivity index (χ2v) is 5.67. The van der Waals surface area contributed by atoms with E-state index in [0.29, 0.717) is 22.4 Å². The molecule has 0 fully saturated rings. The number of methoxy groups -OCH3 is 1. The number of aromatic amines is 1. The molecule has 1 aromatic carbocycles. The summed E-state index contributed by atoms with van der Waals surface area (Å²) in [5.74, 6) is -1.50. The summed E-state index contributed by atoms with van der Waals surface area (Å²) in [7, 11) is 1.27. The molecule has 1 N–H and O–H groups in total. The second kappa shape index (κ2) is 7.79. The van der Waals surface area contributed by atoms with Crippen molar-refractivity contribution in [3.8, 4) is 0 Å². The molecule has 25 heavy (non-hydrogen) atoms. The molecular formula is C19H21NO5. The van der Waals surface area contributed by atoms with E-state index >= 15 is 0 Å². The molecule has 0 aliphatic rings. The summed E-state index contributed by atoms with van der Waals surface area (Å²) in [6.07, 6.45) is 0.886. The highest BCUT2D eigenvalue weighted by Crippen LogP contribution is 2.19. The number of rotatable bonds is 6. The van der Waals surface area contributed by atoms with E-state index in [2.05, 4.69) is 4.98 Å². The molecule has 0 aliphatic heterocycles. The minimum atomic E-state index is -0.686. The number of Topliss-reactive ketones (excluding diaryl/α,β-unsaturated/α-hetero) is 1. The van der Waals surface area contributed by atoms with Gasteiger partial charge < -0.3 is 14.5 Å². The van der Waals surface area contributed by atoms with Crippen LogP contribution in [0.5, 0.6) is 0 Å². The van der Waals surface area contributed by atoms with Crippen molar-refractivity contribution in [3.05, 3.63) is 57.9 Å². The third-order valence-electron chi connectivity index (χ3n) is 4.05. The van der Waals surface area contributed by atoms with Gasteiger partial charge in [-0.15, -0.1) is 0 Å². The van der Waals surface area contributed by atoms with Crippen molar-refractivity contribution in [2.75, 3.05) is 13.7 Å². The zero-order valence-electron chi connectivity index (χ0n) is 14.8. The Kier molecular flexibility index (Phi) is 5.75. The van der Waals surface area contributed by atoms with Crippen LogP contribution in [0.2, 0.25) is 0 Å². The maximum atomic E-state index is 12.2. The maximum Gasteiger partial charge on any atom is 0.355 e. The first kappa shape index (κ1) is 18.4. The van der Waals surface area contributed by atoms with Crippen LogP contribution in [0, 0.1) is 13.8 Å². The van der Waals surface area contributed by atoms with Gasteiger partial charge >= 0.3 is 11.9 Å². The van der Waals surface area contributed by atoms with Crippen molar-refractivity contribution in [3.63, 3.8) is 0 Å². The molecule has 1 heterocycles. The predicted octanol–water partition coefficient (Wildman–Crippen LogP) is 3.02. The highest BCUT2D eigenvalue weighted by molar-refractivity contribution is 6.01. The normalized spacial score (nSPS) is 10.4. The topological polar surface area (TPSA) is 85.5 Å². The number of aromatic nitrogens is 1. The van der Waals surface area contributed by atoms with Crippen LogP contribution in [0.25, 0.3) is 0 Å². The fourth-order valence-electron chi connectivity index (χ4n) is 2.58. The summed E-state index contributed by atoms with van der Waals surface area (Å²) in [4.78, 5) is 38.9. The minimum Gasteiger partial charge on any atom is -0.465 e. The Morgan fingerprint density at radius 2 is 1.68 bits per heavy atom. The second-order valence-electron chi connectivity index (χ2n) is 5.67. The number of hydrogen-bond donors (Lipinski definition) is 1. The van der Waals surface area contributed by atoms with E-state index in [-0.39, 0.29) is 18.1 Å². The Bertz CT molecular complexity index is 802. The van der Waals surface area contributed by atoms with Crippen LogP contribution >= 0.6 is 0 Å². The van der Waals surface area contributed by atoms with Crippen molar-refractivity contribution >= 4 is 17.7 Å². The number of carbonyl (C=O) groups excluding carboxylic acids is 3. The zero-order valence-corrected chi connectivity index (χ0v) is 14.8. The van der Waals surface area contributed by atoms with Crippen molar-refractivity contribution in [2.45, 2.75) is 27.2 Å². The Hall–Kier alpha value is -2.89. The van der Waals surface area contributed by atoms with Gasteiger partial charge in [0, 0.05) is 11.3 Å². The number of H-pyrrole nitrogens is 1. The number of aryl methyl sites for hydroxylation is 2. The summed E-state index contributed by atoms with van der Waals surface area (Å²) in [6.45, 7) is 4.95. The number of ether oxygens (including phenoxy) is 2. The van der Waals surface area contributed by atoms with Crippen LogP contribution in [0.1, 0.15) is 54.9 Å². The fourth-order valence-corrected chi connectivity index (χ4v) is 2.58. The van der Waals surface area contributed by atoms with Crippen molar-refractivity contribution in [2.24, 2.45) is 0 Å². The molecule has 0 radical (unpaired) electrons. The molecule has 0 amide bonds. The van der Waals surface area contributed by atoms with Gasteiger partial charge in [0.1, 0.15) is 5.69 Å². The number of nitrogens with one attached hydrogen (secondary N) is 1. The van der Waals surface area contributed by atoms with E-state index in [1.807, 2.05) is 19.1 Å². The van der Waals surface area contributed by atoms with Crippen LogP contribution < -0.4 is 0 Å². The van der Waals surface area contributed by atoms with Gasteiger partial charge in [0.2, 0.25) is 0 Å². The van der Waals surface area contributed by atoms with Gasteiger partial charge in [0.25, 0.3) is 0 Å². The minimum absolute atomic E-state index is 0.145. The van der Waals surface area contributed by atoms with Crippen LogP contribution in [0.15, 0.2) is 24.3 Å². The smallest absolute Gasteiger partial charge is 0.355 e. The Morgan fingerprint density at radius 1 is 1.04 bits per heavy atom. The Labute approximate surface area is 146 Å². The molecule has 132 valence electrons. The monoisotopic (exact) mass is 343 g/mol. The molecule has 2 rings (SSSR count). The largest absolute Gasteiger partial charge is 0.465 e. The fraction of sp³-hybridized carbons (Fsp3) is 0.316. The Balaban J connectivity index is 2.07. The maximum absolute atomic E-state index is 12.2. The van der Waals surface area contributed by atoms with E-state index in [1.165, 1.54) is 7.11 Å². The molecule has 1 aromatic heterocycles. The number of esters is 2. The summed E-state index contributed by atoms with van der Waals surface area (Å²) in [5, 5.41) is 0. The molecule has 0 bridgehead atoms. The average Bonchev–Trinajstić information content (AvgIpc) is 2.93. The molecule has 0 spiro atoms. The molecule has 2 aromatic rings. The molecular weight excluding hydrogens is 322 g/mol. The van der Waals surface area contributed by atoms with Gasteiger partial charge in [0.05, 0.1) is 12.7 Å². The van der Waals surface area contributed by atoms with Crippen molar-refractivity contribution in [1.82, 2.24) is 4.98 Å². The van der Waals surface area contributed by atoms with Crippen LogP contribution in [0.3, 0.4) is 0 Å². The first-order chi connectivity index (χ1) is 11.9. The van der Waals surface area contributed by atoms with Gasteiger partial charge in [-0.05, 0) is 31.4 Å². The molecule has 6 nitrogen and oxygen atoms in total. The summed E-state index contributed by atoms with van der Waals surface area (Å²) in [5.41, 5.74) is 3.01. The van der Waals surface area contributed by atoms with Crippen LogP contribution in [-0.4, -0.2) is 36.4 Å². The van der Waals surface area contributed by atoms with Crippen molar-refractivity contribution in [1.29, 1.82) is 0 Å². The number of benzene rings is 1. The van der Waals surface area contributed by atoms with Gasteiger partial charge in [0.15, 0.2) is 12.4 Å². The van der Waals surface area contributed by atoms with Crippen LogP contribution in [-0.2, 0) is 15.9 Å². The lowest BCUT2D eigenvalue weighted by molar-refractivity contribution is 0.0468. The SMILES string of the molecule is CCc1ccc(C(=O)COC(=O)c2[nH]c(C)c(C(=O)OC)c2C)cc1. The van der Waals surface area contributed by atoms with E-state index in [0.717, 1.165) is 12.0 Å². The lowest BCUT2D eigenvalue weighted by Crippen LogP contribution is -2.15. The molecule has 6 heteroatoms.